The Bertz CT molecular complexity index is 1910. The molecule has 1 amide bonds. The van der Waals surface area contributed by atoms with Crippen LogP contribution < -0.4 is 14.4 Å². The van der Waals surface area contributed by atoms with Crippen LogP contribution in [0.15, 0.2) is 61.1 Å². The molecule has 0 radical (unpaired) electrons. The van der Waals surface area contributed by atoms with Gasteiger partial charge in [-0.25, -0.2) is 23.1 Å². The third-order valence-corrected chi connectivity index (χ3v) is 12.5. The van der Waals surface area contributed by atoms with Crippen LogP contribution in [-0.2, 0) is 26.3 Å². The van der Waals surface area contributed by atoms with E-state index in [1.54, 1.807) is 13.8 Å². The minimum atomic E-state index is -3.78. The van der Waals surface area contributed by atoms with Gasteiger partial charge >= 0.3 is 0 Å². The van der Waals surface area contributed by atoms with Crippen molar-refractivity contribution in [3.8, 4) is 11.5 Å². The maximum absolute atomic E-state index is 14.3. The molecule has 3 aliphatic rings. The van der Waals surface area contributed by atoms with E-state index in [9.17, 15) is 31.5 Å². The second-order valence-electron chi connectivity index (χ2n) is 15.5. The van der Waals surface area contributed by atoms with Gasteiger partial charge in [-0.05, 0) is 70.0 Å². The number of piperidine rings is 1. The first-order valence-corrected chi connectivity index (χ1v) is 20.6. The summed E-state index contributed by atoms with van der Waals surface area (Å²) >= 11 is 0. The van der Waals surface area contributed by atoms with Crippen molar-refractivity contribution < 1.29 is 45.7 Å². The van der Waals surface area contributed by atoms with Crippen molar-refractivity contribution in [1.29, 1.82) is 0 Å². The molecule has 6 rings (SSSR count). The number of nitrogens with zero attached hydrogens (tertiary/aromatic N) is 6. The molecular formula is C39H52F3N7O7S. The smallest absolute Gasteiger partial charge is 0.279 e. The molecule has 3 saturated heterocycles. The molecule has 14 nitrogen and oxygen atoms in total. The van der Waals surface area contributed by atoms with Crippen molar-refractivity contribution in [2.75, 3.05) is 71.0 Å². The first kappa shape index (κ1) is 42.7. The lowest BCUT2D eigenvalue weighted by Gasteiger charge is -2.55. The number of halogens is 3. The molecule has 0 aliphatic carbocycles. The van der Waals surface area contributed by atoms with Crippen LogP contribution in [0.2, 0.25) is 0 Å². The SMILES string of the molecule is CC(C)N(CC(F)F)C(=O)c1cc(F)ccc1Oc1cncnc1N1CC2(CCN(C[C@@]3(O)CC[C@@H](NS(=O)(=O)N(C)CCOCc4ccccc4)CO3)CC2)C1. The van der Waals surface area contributed by atoms with Crippen molar-refractivity contribution in [1.82, 2.24) is 28.8 Å². The largest absolute Gasteiger partial charge is 0.451 e. The van der Waals surface area contributed by atoms with Crippen LogP contribution in [0.3, 0.4) is 0 Å². The highest BCUT2D eigenvalue weighted by molar-refractivity contribution is 7.87. The average Bonchev–Trinajstić information content (AvgIpc) is 3.17. The number of hydrogen-bond donors (Lipinski definition) is 2. The second-order valence-corrected chi connectivity index (χ2v) is 17.3. The van der Waals surface area contributed by atoms with Crippen LogP contribution in [0.1, 0.15) is 55.5 Å². The minimum absolute atomic E-state index is 0.0000880. The average molecular weight is 820 g/mol. The molecule has 0 bridgehead atoms. The lowest BCUT2D eigenvalue weighted by Crippen LogP contribution is -2.62. The van der Waals surface area contributed by atoms with E-state index >= 15 is 0 Å². The van der Waals surface area contributed by atoms with Crippen molar-refractivity contribution in [2.45, 2.75) is 70.4 Å². The van der Waals surface area contributed by atoms with Gasteiger partial charge in [0.05, 0.1) is 44.7 Å². The van der Waals surface area contributed by atoms with Gasteiger partial charge in [0.1, 0.15) is 17.9 Å². The van der Waals surface area contributed by atoms with Gasteiger partial charge in [0, 0.05) is 50.6 Å². The van der Waals surface area contributed by atoms with Gasteiger partial charge in [0.2, 0.25) is 0 Å². The Morgan fingerprint density at radius 2 is 1.84 bits per heavy atom. The van der Waals surface area contributed by atoms with Crippen LogP contribution in [0.4, 0.5) is 19.0 Å². The first-order chi connectivity index (χ1) is 27.1. The van der Waals surface area contributed by atoms with Gasteiger partial charge in [0.15, 0.2) is 17.4 Å². The summed E-state index contributed by atoms with van der Waals surface area (Å²) < 4.78 is 88.4. The minimum Gasteiger partial charge on any atom is -0.451 e. The third kappa shape index (κ3) is 11.0. The number of carbonyl (C=O) groups is 1. The zero-order valence-corrected chi connectivity index (χ0v) is 33.3. The Morgan fingerprint density at radius 1 is 1.11 bits per heavy atom. The molecule has 57 heavy (non-hydrogen) atoms. The summed E-state index contributed by atoms with van der Waals surface area (Å²) in [6.07, 6.45) is 2.49. The highest BCUT2D eigenvalue weighted by atomic mass is 32.2. The molecule has 3 fully saturated rings. The molecule has 2 aromatic carbocycles. The molecule has 2 atom stereocenters. The Kier molecular flexibility index (Phi) is 13.7. The fourth-order valence-corrected chi connectivity index (χ4v) is 8.60. The molecule has 312 valence electrons. The molecule has 3 aromatic rings. The third-order valence-electron chi connectivity index (χ3n) is 10.8. The topological polar surface area (TPSA) is 150 Å². The number of benzene rings is 2. The Morgan fingerprint density at radius 3 is 2.51 bits per heavy atom. The number of alkyl halides is 2. The lowest BCUT2D eigenvalue weighted by molar-refractivity contribution is -0.239. The van der Waals surface area contributed by atoms with Gasteiger partial charge in [0.25, 0.3) is 22.5 Å². The monoisotopic (exact) mass is 819 g/mol. The van der Waals surface area contributed by atoms with Gasteiger partial charge in [-0.1, -0.05) is 30.3 Å². The van der Waals surface area contributed by atoms with Gasteiger partial charge in [-0.2, -0.15) is 17.4 Å². The summed E-state index contributed by atoms with van der Waals surface area (Å²) in [7, 11) is -2.28. The zero-order chi connectivity index (χ0) is 40.8. The summed E-state index contributed by atoms with van der Waals surface area (Å²) in [6.45, 7) is 6.39. The number of carbonyl (C=O) groups excluding carboxylic acids is 1. The second kappa shape index (κ2) is 18.3. The Balaban J connectivity index is 0.962. The molecule has 0 saturated carbocycles. The summed E-state index contributed by atoms with van der Waals surface area (Å²) in [5.41, 5.74) is 0.826. The van der Waals surface area contributed by atoms with E-state index in [1.807, 2.05) is 35.2 Å². The molecule has 1 spiro atoms. The Hall–Kier alpha value is -3.91. The fraction of sp³-hybridized carbons (Fsp3) is 0.564. The van der Waals surface area contributed by atoms with Crippen LogP contribution in [0.25, 0.3) is 0 Å². The number of rotatable bonds is 17. The number of nitrogens with one attached hydrogen (secondary N) is 1. The number of amides is 1. The van der Waals surface area contributed by atoms with Crippen molar-refractivity contribution in [3.05, 3.63) is 78.0 Å². The zero-order valence-electron chi connectivity index (χ0n) is 32.5. The number of aliphatic hydroxyl groups is 1. The van der Waals surface area contributed by atoms with Gasteiger partial charge < -0.3 is 29.1 Å². The van der Waals surface area contributed by atoms with Crippen molar-refractivity contribution >= 4 is 21.9 Å². The molecule has 4 heterocycles. The molecule has 3 aliphatic heterocycles. The van der Waals surface area contributed by atoms with E-state index in [4.69, 9.17) is 14.2 Å². The van der Waals surface area contributed by atoms with Crippen LogP contribution in [0, 0.1) is 11.2 Å². The van der Waals surface area contributed by atoms with Crippen LogP contribution in [0.5, 0.6) is 11.5 Å². The van der Waals surface area contributed by atoms with E-state index in [0.29, 0.717) is 38.5 Å². The predicted octanol–water partition coefficient (Wildman–Crippen LogP) is 4.28. The first-order valence-electron chi connectivity index (χ1n) is 19.2. The summed E-state index contributed by atoms with van der Waals surface area (Å²) in [5.74, 6) is -2.14. The maximum Gasteiger partial charge on any atom is 0.279 e. The molecule has 18 heteroatoms. The van der Waals surface area contributed by atoms with E-state index in [1.165, 1.54) is 29.9 Å². The van der Waals surface area contributed by atoms with E-state index < -0.39 is 52.8 Å². The summed E-state index contributed by atoms with van der Waals surface area (Å²) in [6, 6.07) is 12.0. The summed E-state index contributed by atoms with van der Waals surface area (Å²) in [5, 5.41) is 11.3. The van der Waals surface area contributed by atoms with Gasteiger partial charge in [-0.3, -0.25) is 9.69 Å². The number of anilines is 1. The van der Waals surface area contributed by atoms with E-state index in [-0.39, 0.29) is 48.7 Å². The van der Waals surface area contributed by atoms with E-state index in [2.05, 4.69) is 19.6 Å². The summed E-state index contributed by atoms with van der Waals surface area (Å²) in [4.78, 5) is 27.1. The van der Waals surface area contributed by atoms with Crippen LogP contribution in [-0.4, -0.2) is 134 Å². The number of likely N-dealkylation sites (tertiary alicyclic amines) is 1. The maximum atomic E-state index is 14.3. The number of hydrogen-bond acceptors (Lipinski definition) is 11. The predicted molar refractivity (Wildman–Crippen MR) is 206 cm³/mol. The van der Waals surface area contributed by atoms with Crippen LogP contribution >= 0.6 is 0 Å². The van der Waals surface area contributed by atoms with Gasteiger partial charge in [-0.15, -0.1) is 0 Å². The van der Waals surface area contributed by atoms with E-state index in [0.717, 1.165) is 48.5 Å². The normalized spacial score (nSPS) is 21.3. The quantitative estimate of drug-likeness (QED) is 0.188. The molecule has 2 N–H and O–H groups in total. The lowest BCUT2D eigenvalue weighted by atomic mass is 9.72. The number of β-amino-alcohol motifs (C(OH)–C–C–N with tert-alkyl or cyclic N) is 1. The molecule has 1 aromatic heterocycles. The number of likely N-dealkylation sites (N-methyl/N-ethyl adjacent to an activating group) is 1. The van der Waals surface area contributed by atoms with Crippen molar-refractivity contribution in [2.24, 2.45) is 5.41 Å². The number of ether oxygens (including phenoxy) is 3. The molecular weight excluding hydrogens is 768 g/mol. The Labute approximate surface area is 332 Å². The number of aromatic nitrogens is 2. The standard InChI is InChI=1S/C39H52F3N7O7S/c1-28(2)49(21-35(41)42)37(50)32-19-30(40)9-10-33(32)56-34-20-43-27-44-36(34)48-24-38(25-48)13-15-47(16-14-38)26-39(51)12-11-31(23-55-39)45-57(52,53)46(3)17-18-54-22-29-7-5-4-6-8-29/h4-10,19-20,27-28,31,35,45,51H,11-18,21-26H2,1-3H3/t31-,39-/m1/s1. The van der Waals surface area contributed by atoms with Crippen molar-refractivity contribution in [3.63, 3.8) is 0 Å². The molecule has 0 unspecified atom stereocenters. The fourth-order valence-electron chi connectivity index (χ4n) is 7.50. The highest BCUT2D eigenvalue weighted by Gasteiger charge is 2.47. The highest BCUT2D eigenvalue weighted by Crippen LogP contribution is 2.45.